The van der Waals surface area contributed by atoms with Crippen molar-refractivity contribution in [2.24, 2.45) is 11.7 Å². The summed E-state index contributed by atoms with van der Waals surface area (Å²) in [6.45, 7) is 1.41. The van der Waals surface area contributed by atoms with Gasteiger partial charge >= 0.3 is 5.97 Å². The largest absolute Gasteiger partial charge is 0.480 e. The molecule has 0 saturated carbocycles. The quantitative estimate of drug-likeness (QED) is 0.578. The fourth-order valence-corrected chi connectivity index (χ4v) is 4.57. The number of H-pyrrole nitrogens is 1. The summed E-state index contributed by atoms with van der Waals surface area (Å²) in [4.78, 5) is 28.2. The monoisotopic (exact) mass is 382 g/mol. The van der Waals surface area contributed by atoms with E-state index in [-0.39, 0.29) is 18.8 Å². The molecule has 0 fully saturated rings. The highest BCUT2D eigenvalue weighted by Crippen LogP contribution is 2.40. The van der Waals surface area contributed by atoms with E-state index in [4.69, 9.17) is 5.73 Å². The Labute approximate surface area is 163 Å². The Bertz CT molecular complexity index is 948. The molecule has 1 aliphatic heterocycles. The van der Waals surface area contributed by atoms with Crippen LogP contribution in [0.3, 0.4) is 0 Å². The van der Waals surface area contributed by atoms with Crippen LogP contribution in [-0.2, 0) is 16.0 Å². The Balaban J connectivity index is 1.55. The van der Waals surface area contributed by atoms with E-state index in [1.807, 2.05) is 0 Å². The molecule has 5 N–H and O–H groups in total. The molecular formula is C21H26N4O3. The molecule has 7 heteroatoms. The molecule has 2 heterocycles. The number of hydrogen-bond donors (Lipinski definition) is 4. The number of fused-ring (bicyclic) bond motifs is 2. The first-order valence-corrected chi connectivity index (χ1v) is 9.70. The maximum atomic E-state index is 11.5. The number of nitrogens with zero attached hydrogens (tertiary/aromatic N) is 1. The van der Waals surface area contributed by atoms with Crippen molar-refractivity contribution in [3.8, 4) is 0 Å². The molecule has 1 aliphatic carbocycles. The minimum absolute atomic E-state index is 0.0654. The van der Waals surface area contributed by atoms with Crippen molar-refractivity contribution < 1.29 is 14.7 Å². The summed E-state index contributed by atoms with van der Waals surface area (Å²) in [5, 5.41) is 13.8. The van der Waals surface area contributed by atoms with E-state index in [0.29, 0.717) is 12.6 Å². The van der Waals surface area contributed by atoms with Gasteiger partial charge in [-0.1, -0.05) is 18.2 Å². The molecule has 2 aliphatic rings. The smallest absolute Gasteiger partial charge is 0.320 e. The Morgan fingerprint density at radius 1 is 1.43 bits per heavy atom. The Morgan fingerprint density at radius 3 is 3.00 bits per heavy atom. The third kappa shape index (κ3) is 3.43. The van der Waals surface area contributed by atoms with Crippen LogP contribution in [0.2, 0.25) is 0 Å². The van der Waals surface area contributed by atoms with Crippen molar-refractivity contribution >= 4 is 28.4 Å². The third-order valence-corrected chi connectivity index (χ3v) is 5.94. The van der Waals surface area contributed by atoms with Crippen LogP contribution < -0.4 is 11.1 Å². The number of nitrogens with two attached hydrogens (primary N) is 1. The molecular weight excluding hydrogens is 356 g/mol. The molecule has 1 amide bonds. The zero-order valence-electron chi connectivity index (χ0n) is 15.9. The van der Waals surface area contributed by atoms with Gasteiger partial charge in [-0.3, -0.25) is 14.5 Å². The van der Waals surface area contributed by atoms with Crippen LogP contribution in [0.4, 0.5) is 0 Å². The molecule has 28 heavy (non-hydrogen) atoms. The molecule has 0 saturated heterocycles. The lowest BCUT2D eigenvalue weighted by atomic mass is 9.80. The molecule has 1 aromatic heterocycles. The van der Waals surface area contributed by atoms with Crippen LogP contribution in [0.15, 0.2) is 30.5 Å². The molecule has 4 rings (SSSR count). The number of aromatic nitrogens is 1. The SMILES string of the molecule is CN1C[C@H](CN[C@@H](CCC(N)=O)C(=O)O)C=C2c3cccc4[nH]cc(c34)C[C@H]21. The number of aliphatic carboxylic acids is 1. The second-order valence-corrected chi connectivity index (χ2v) is 7.89. The van der Waals surface area contributed by atoms with Crippen LogP contribution in [0.25, 0.3) is 16.5 Å². The van der Waals surface area contributed by atoms with E-state index < -0.39 is 17.9 Å². The molecule has 148 valence electrons. The van der Waals surface area contributed by atoms with Gasteiger partial charge in [-0.2, -0.15) is 0 Å². The van der Waals surface area contributed by atoms with Crippen molar-refractivity contribution in [3.05, 3.63) is 41.6 Å². The molecule has 0 spiro atoms. The molecule has 2 aromatic rings. The van der Waals surface area contributed by atoms with E-state index in [1.54, 1.807) is 0 Å². The van der Waals surface area contributed by atoms with E-state index >= 15 is 0 Å². The standard InChI is InChI=1S/C21H26N4O3/c1-25-11-12(9-23-17(21(27)28)5-6-19(22)26)7-15-14-3-2-4-16-20(14)13(10-24-16)8-18(15)25/h2-4,7,10,12,17-18,23-24H,5-6,8-9,11H2,1H3,(H2,22,26)(H,27,28)/t12-,17-,18+/m0/s1. The van der Waals surface area contributed by atoms with Gasteiger partial charge in [0.25, 0.3) is 0 Å². The minimum atomic E-state index is -0.949. The highest BCUT2D eigenvalue weighted by atomic mass is 16.4. The van der Waals surface area contributed by atoms with Crippen molar-refractivity contribution in [1.82, 2.24) is 15.2 Å². The van der Waals surface area contributed by atoms with E-state index in [1.165, 1.54) is 22.1 Å². The number of aromatic amines is 1. The topological polar surface area (TPSA) is 111 Å². The van der Waals surface area contributed by atoms with Gasteiger partial charge in [-0.25, -0.2) is 0 Å². The molecule has 3 atom stereocenters. The van der Waals surface area contributed by atoms with Crippen LogP contribution in [0, 0.1) is 5.92 Å². The Morgan fingerprint density at radius 2 is 2.25 bits per heavy atom. The minimum Gasteiger partial charge on any atom is -0.480 e. The Kier molecular flexibility index (Phi) is 4.95. The van der Waals surface area contributed by atoms with Crippen LogP contribution in [0.5, 0.6) is 0 Å². The van der Waals surface area contributed by atoms with Crippen LogP contribution in [0.1, 0.15) is 24.0 Å². The van der Waals surface area contributed by atoms with Crippen molar-refractivity contribution in [2.75, 3.05) is 20.1 Å². The summed E-state index contributed by atoms with van der Waals surface area (Å²) in [5.41, 5.74) is 10.3. The highest BCUT2D eigenvalue weighted by molar-refractivity contribution is 5.98. The lowest BCUT2D eigenvalue weighted by molar-refractivity contribution is -0.139. The lowest BCUT2D eigenvalue weighted by Gasteiger charge is -2.40. The van der Waals surface area contributed by atoms with Crippen molar-refractivity contribution in [3.63, 3.8) is 0 Å². The van der Waals surface area contributed by atoms with E-state index in [2.05, 4.69) is 52.7 Å². The number of carboxylic acids is 1. The van der Waals surface area contributed by atoms with Gasteiger partial charge in [0.2, 0.25) is 5.91 Å². The molecule has 0 unspecified atom stereocenters. The summed E-state index contributed by atoms with van der Waals surface area (Å²) in [5.74, 6) is -1.23. The van der Waals surface area contributed by atoms with Gasteiger partial charge in [0.05, 0.1) is 0 Å². The first kappa shape index (κ1) is 18.7. The van der Waals surface area contributed by atoms with E-state index in [0.717, 1.165) is 18.5 Å². The van der Waals surface area contributed by atoms with Crippen LogP contribution in [-0.4, -0.2) is 59.1 Å². The second kappa shape index (κ2) is 7.41. The summed E-state index contributed by atoms with van der Waals surface area (Å²) in [6, 6.07) is 5.93. The summed E-state index contributed by atoms with van der Waals surface area (Å²) >= 11 is 0. The number of benzene rings is 1. The van der Waals surface area contributed by atoms with E-state index in [9.17, 15) is 14.7 Å². The van der Waals surface area contributed by atoms with Gasteiger partial charge in [-0.15, -0.1) is 0 Å². The number of likely N-dealkylation sites (N-methyl/N-ethyl adjacent to an activating group) is 1. The zero-order valence-corrected chi connectivity index (χ0v) is 15.9. The van der Waals surface area contributed by atoms with Gasteiger partial charge in [0.15, 0.2) is 0 Å². The maximum Gasteiger partial charge on any atom is 0.320 e. The molecule has 1 aromatic carbocycles. The number of carboxylic acid groups (broad SMARTS) is 1. The average molecular weight is 382 g/mol. The lowest BCUT2D eigenvalue weighted by Crippen LogP contribution is -2.47. The molecule has 0 radical (unpaired) electrons. The number of amides is 1. The van der Waals surface area contributed by atoms with Gasteiger partial charge in [0, 0.05) is 48.6 Å². The number of hydrogen-bond acceptors (Lipinski definition) is 4. The highest BCUT2D eigenvalue weighted by Gasteiger charge is 2.33. The van der Waals surface area contributed by atoms with Gasteiger partial charge in [0.1, 0.15) is 6.04 Å². The van der Waals surface area contributed by atoms with Gasteiger partial charge < -0.3 is 21.1 Å². The average Bonchev–Trinajstić information content (AvgIpc) is 3.06. The number of primary amides is 1. The number of carbonyl (C=O) groups excluding carboxylic acids is 1. The first-order chi connectivity index (χ1) is 13.4. The fraction of sp³-hybridized carbons (Fsp3) is 0.429. The first-order valence-electron chi connectivity index (χ1n) is 9.70. The maximum absolute atomic E-state index is 11.5. The normalized spacial score (nSPS) is 22.5. The van der Waals surface area contributed by atoms with Crippen molar-refractivity contribution in [2.45, 2.75) is 31.3 Å². The number of carbonyl (C=O) groups is 2. The zero-order chi connectivity index (χ0) is 19.8. The predicted octanol–water partition coefficient (Wildman–Crippen LogP) is 1.35. The Hall–Kier alpha value is -2.64. The molecule has 7 nitrogen and oxygen atoms in total. The summed E-state index contributed by atoms with van der Waals surface area (Å²) in [7, 11) is 2.13. The fourth-order valence-electron chi connectivity index (χ4n) is 4.57. The predicted molar refractivity (Wildman–Crippen MR) is 108 cm³/mol. The molecule has 0 bridgehead atoms. The van der Waals surface area contributed by atoms with Crippen molar-refractivity contribution in [1.29, 1.82) is 0 Å². The number of nitrogens with one attached hydrogen (secondary N) is 2. The van der Waals surface area contributed by atoms with Crippen LogP contribution >= 0.6 is 0 Å². The number of rotatable bonds is 7. The third-order valence-electron chi connectivity index (χ3n) is 5.94. The summed E-state index contributed by atoms with van der Waals surface area (Å²) in [6.07, 6.45) is 5.67. The summed E-state index contributed by atoms with van der Waals surface area (Å²) < 4.78 is 0. The van der Waals surface area contributed by atoms with Gasteiger partial charge in [-0.05, 0) is 42.7 Å². The second-order valence-electron chi connectivity index (χ2n) is 7.89.